The molecule has 4 rings (SSSR count). The number of benzene rings is 3. The van der Waals surface area contributed by atoms with Crippen molar-refractivity contribution in [3.05, 3.63) is 84.1 Å². The highest BCUT2D eigenvalue weighted by Gasteiger charge is 2.17. The van der Waals surface area contributed by atoms with Gasteiger partial charge in [0, 0.05) is 23.6 Å². The molecular formula is C30H33N2O+. The van der Waals surface area contributed by atoms with Crippen LogP contribution in [0.5, 0.6) is 0 Å². The van der Waals surface area contributed by atoms with Crippen molar-refractivity contribution in [3.63, 3.8) is 0 Å². The summed E-state index contributed by atoms with van der Waals surface area (Å²) >= 11 is 0. The largest absolute Gasteiger partial charge is 0.294 e. The van der Waals surface area contributed by atoms with Crippen LogP contribution < -0.4 is 4.57 Å². The van der Waals surface area contributed by atoms with Gasteiger partial charge >= 0.3 is 0 Å². The summed E-state index contributed by atoms with van der Waals surface area (Å²) in [4.78, 5) is 17.9. The summed E-state index contributed by atoms with van der Waals surface area (Å²) in [6.45, 7) is 8.78. The van der Waals surface area contributed by atoms with Gasteiger partial charge in [-0.1, -0.05) is 70.5 Å². The minimum atomic E-state index is 0.103. The maximum atomic E-state index is 13.0. The average molecular weight is 438 g/mol. The number of rotatable bonds is 6. The smallest absolute Gasteiger partial charge is 0.230 e. The fraction of sp³-hybridized carbons (Fsp3) is 0.300. The van der Waals surface area contributed by atoms with Gasteiger partial charge in [0.15, 0.2) is 12.0 Å². The number of para-hydroxylation sites is 2. The number of hydrogen-bond donors (Lipinski definition) is 0. The molecule has 0 fully saturated rings. The number of aryl methyl sites for hydroxylation is 1. The maximum Gasteiger partial charge on any atom is 0.230 e. The molecule has 0 unspecified atom stereocenters. The lowest BCUT2D eigenvalue weighted by atomic mass is 9.86. The van der Waals surface area contributed by atoms with Crippen LogP contribution in [-0.4, -0.2) is 10.8 Å². The van der Waals surface area contributed by atoms with E-state index in [9.17, 15) is 4.79 Å². The summed E-state index contributed by atoms with van der Waals surface area (Å²) in [6.07, 6.45) is 4.53. The topological polar surface area (TPSA) is 33.8 Å². The summed E-state index contributed by atoms with van der Waals surface area (Å²) in [7, 11) is 2.04. The first-order valence-electron chi connectivity index (χ1n) is 11.8. The second-order valence-electron chi connectivity index (χ2n) is 9.88. The third-order valence-electron chi connectivity index (χ3n) is 6.21. The van der Waals surface area contributed by atoms with Crippen LogP contribution in [0.4, 0.5) is 0 Å². The van der Waals surface area contributed by atoms with E-state index >= 15 is 0 Å². The SMILES string of the molecule is CCCCC(=O)c1cc(-c2ccc(C(C)(C)C)cc2)cc(-c2c[n+](C)c3ccccc3n2)c1. The third kappa shape index (κ3) is 5.03. The Hall–Kier alpha value is -3.33. The van der Waals surface area contributed by atoms with E-state index in [0.29, 0.717) is 6.42 Å². The summed E-state index contributed by atoms with van der Waals surface area (Å²) in [5.41, 5.74) is 8.17. The van der Waals surface area contributed by atoms with Crippen LogP contribution in [0, 0.1) is 0 Å². The maximum absolute atomic E-state index is 13.0. The Morgan fingerprint density at radius 3 is 2.30 bits per heavy atom. The first kappa shape index (κ1) is 22.8. The Morgan fingerprint density at radius 2 is 1.61 bits per heavy atom. The third-order valence-corrected chi connectivity index (χ3v) is 6.21. The minimum Gasteiger partial charge on any atom is -0.294 e. The molecular weight excluding hydrogens is 404 g/mol. The second-order valence-corrected chi connectivity index (χ2v) is 9.88. The van der Waals surface area contributed by atoms with Gasteiger partial charge in [0.2, 0.25) is 5.52 Å². The molecule has 0 aliphatic carbocycles. The van der Waals surface area contributed by atoms with Crippen molar-refractivity contribution in [3.8, 4) is 22.4 Å². The molecule has 3 nitrogen and oxygen atoms in total. The number of Topliss-reactive ketones (excluding diaryl/α,β-unsaturated/α-hetero) is 1. The number of unbranched alkanes of at least 4 members (excludes halogenated alkanes) is 1. The zero-order chi connectivity index (χ0) is 23.6. The Morgan fingerprint density at radius 1 is 0.909 bits per heavy atom. The predicted molar refractivity (Wildman–Crippen MR) is 136 cm³/mol. The van der Waals surface area contributed by atoms with Crippen LogP contribution in [0.2, 0.25) is 0 Å². The minimum absolute atomic E-state index is 0.103. The molecule has 0 aliphatic heterocycles. The van der Waals surface area contributed by atoms with Crippen LogP contribution in [0.3, 0.4) is 0 Å². The van der Waals surface area contributed by atoms with Gasteiger partial charge in [0.05, 0.1) is 0 Å². The molecule has 4 aromatic rings. The molecule has 0 N–H and O–H groups in total. The quantitative estimate of drug-likeness (QED) is 0.239. The van der Waals surface area contributed by atoms with Crippen LogP contribution >= 0.6 is 0 Å². The summed E-state index contributed by atoms with van der Waals surface area (Å²) in [6, 6.07) is 23.0. The van der Waals surface area contributed by atoms with Gasteiger partial charge in [-0.05, 0) is 52.8 Å². The molecule has 168 valence electrons. The Balaban J connectivity index is 1.84. The van der Waals surface area contributed by atoms with Gasteiger partial charge in [0.25, 0.3) is 0 Å². The van der Waals surface area contributed by atoms with Crippen molar-refractivity contribution in [2.45, 2.75) is 52.4 Å². The molecule has 1 aromatic heterocycles. The van der Waals surface area contributed by atoms with Crippen LogP contribution in [0.1, 0.15) is 62.9 Å². The van der Waals surface area contributed by atoms with Crippen LogP contribution in [0.15, 0.2) is 72.9 Å². The normalized spacial score (nSPS) is 11.7. The van der Waals surface area contributed by atoms with Crippen molar-refractivity contribution in [1.82, 2.24) is 4.98 Å². The molecule has 0 spiro atoms. The van der Waals surface area contributed by atoms with Crippen LogP contribution in [0.25, 0.3) is 33.4 Å². The molecule has 0 amide bonds. The highest BCUT2D eigenvalue weighted by atomic mass is 16.1. The molecule has 0 atom stereocenters. The Kier molecular flexibility index (Phi) is 6.42. The second kappa shape index (κ2) is 9.27. The van der Waals surface area contributed by atoms with Gasteiger partial charge in [-0.15, -0.1) is 0 Å². The van der Waals surface area contributed by atoms with E-state index < -0.39 is 0 Å². The molecule has 3 heteroatoms. The molecule has 0 aliphatic rings. The zero-order valence-electron chi connectivity index (χ0n) is 20.4. The van der Waals surface area contributed by atoms with E-state index in [1.54, 1.807) is 0 Å². The average Bonchev–Trinajstić information content (AvgIpc) is 2.81. The lowest BCUT2D eigenvalue weighted by Crippen LogP contribution is -2.29. The Labute approximate surface area is 197 Å². The van der Waals surface area contributed by atoms with E-state index in [1.165, 1.54) is 5.56 Å². The molecule has 0 saturated carbocycles. The van der Waals surface area contributed by atoms with Gasteiger partial charge in [-0.25, -0.2) is 4.98 Å². The number of carbonyl (C=O) groups excluding carboxylic acids is 1. The van der Waals surface area contributed by atoms with Crippen molar-refractivity contribution >= 4 is 16.8 Å². The first-order chi connectivity index (χ1) is 15.8. The molecule has 0 saturated heterocycles. The fourth-order valence-electron chi connectivity index (χ4n) is 4.16. The number of fused-ring (bicyclic) bond motifs is 1. The number of carbonyl (C=O) groups is 1. The lowest BCUT2D eigenvalue weighted by Gasteiger charge is -2.19. The zero-order valence-corrected chi connectivity index (χ0v) is 20.4. The lowest BCUT2D eigenvalue weighted by molar-refractivity contribution is -0.644. The number of aromatic nitrogens is 2. The van der Waals surface area contributed by atoms with E-state index in [2.05, 4.69) is 68.7 Å². The van der Waals surface area contributed by atoms with Crippen molar-refractivity contribution < 1.29 is 9.36 Å². The molecule has 1 heterocycles. The van der Waals surface area contributed by atoms with Crippen molar-refractivity contribution in [1.29, 1.82) is 0 Å². The van der Waals surface area contributed by atoms with E-state index in [-0.39, 0.29) is 11.2 Å². The highest BCUT2D eigenvalue weighted by Crippen LogP contribution is 2.30. The Bertz CT molecular complexity index is 1300. The number of hydrogen-bond acceptors (Lipinski definition) is 2. The molecule has 3 aromatic carbocycles. The van der Waals surface area contributed by atoms with E-state index in [0.717, 1.165) is 51.8 Å². The standard InChI is InChI=1S/C30H33N2O/c1-6-7-12-29(33)24-18-22(21-13-15-25(16-14-21)30(2,3)4)17-23(19-24)27-20-32(5)28-11-9-8-10-26(28)31-27/h8-11,13-20H,6-7,12H2,1-5H3/q+1. The summed E-state index contributed by atoms with van der Waals surface area (Å²) < 4.78 is 2.10. The monoisotopic (exact) mass is 437 g/mol. The van der Waals surface area contributed by atoms with Gasteiger partial charge in [-0.2, -0.15) is 4.57 Å². The summed E-state index contributed by atoms with van der Waals surface area (Å²) in [5, 5.41) is 0. The van der Waals surface area contributed by atoms with E-state index in [4.69, 9.17) is 4.98 Å². The van der Waals surface area contributed by atoms with Gasteiger partial charge < -0.3 is 0 Å². The molecule has 0 bridgehead atoms. The van der Waals surface area contributed by atoms with E-state index in [1.807, 2.05) is 43.6 Å². The van der Waals surface area contributed by atoms with Crippen molar-refractivity contribution in [2.24, 2.45) is 7.05 Å². The van der Waals surface area contributed by atoms with Crippen LogP contribution in [-0.2, 0) is 12.5 Å². The highest BCUT2D eigenvalue weighted by molar-refractivity contribution is 5.98. The molecule has 33 heavy (non-hydrogen) atoms. The summed E-state index contributed by atoms with van der Waals surface area (Å²) in [5.74, 6) is 0.191. The number of ketones is 1. The predicted octanol–water partition coefficient (Wildman–Crippen LogP) is 7.06. The fourth-order valence-corrected chi connectivity index (χ4v) is 4.16. The van der Waals surface area contributed by atoms with Gasteiger partial charge in [0.1, 0.15) is 18.3 Å². The van der Waals surface area contributed by atoms with Gasteiger partial charge in [-0.3, -0.25) is 4.79 Å². The number of nitrogens with zero attached hydrogens (tertiary/aromatic N) is 2. The molecule has 0 radical (unpaired) electrons. The first-order valence-corrected chi connectivity index (χ1v) is 11.8. The van der Waals surface area contributed by atoms with Crippen molar-refractivity contribution in [2.75, 3.05) is 0 Å².